The van der Waals surface area contributed by atoms with Gasteiger partial charge in [0, 0.05) is 33.6 Å². The lowest BCUT2D eigenvalue weighted by Crippen LogP contribution is -2.67. The maximum Gasteiger partial charge on any atom is 0.407 e. The number of hydrogen-bond donors (Lipinski definition) is 2. The van der Waals surface area contributed by atoms with E-state index in [0.29, 0.717) is 0 Å². The fraction of sp³-hybridized carbons (Fsp3) is 0.368. The molecule has 1 saturated heterocycles. The third-order valence-electron chi connectivity index (χ3n) is 8.79. The van der Waals surface area contributed by atoms with Gasteiger partial charge in [-0.2, -0.15) is 8.78 Å². The van der Waals surface area contributed by atoms with Crippen molar-refractivity contribution in [2.45, 2.75) is 70.3 Å². The predicted octanol–water partition coefficient (Wildman–Crippen LogP) is 3.87. The van der Waals surface area contributed by atoms with Crippen LogP contribution in [0, 0.1) is 29.1 Å². The van der Waals surface area contributed by atoms with Crippen molar-refractivity contribution in [2.75, 3.05) is 19.8 Å². The molecule has 1 heterocycles. The van der Waals surface area contributed by atoms with Crippen molar-refractivity contribution in [3.8, 4) is 16.9 Å². The highest BCUT2D eigenvalue weighted by atomic mass is 19.2. The summed E-state index contributed by atoms with van der Waals surface area (Å²) < 4.78 is 108. The zero-order valence-corrected chi connectivity index (χ0v) is 31.0. The van der Waals surface area contributed by atoms with Crippen LogP contribution in [0.4, 0.5) is 26.7 Å². The van der Waals surface area contributed by atoms with E-state index in [1.54, 1.807) is 12.1 Å². The monoisotopic (exact) mass is 822 g/mol. The molecule has 0 spiro atoms. The number of ether oxygens (including phenoxy) is 7. The number of hydrogen-bond acceptors (Lipinski definition) is 13. The summed E-state index contributed by atoms with van der Waals surface area (Å²) in [6.07, 6.45) is -7.84. The molecule has 0 unspecified atom stereocenters. The number of benzene rings is 3. The maximum absolute atomic E-state index is 14.6. The Kier molecular flexibility index (Phi) is 13.6. The average Bonchev–Trinajstić information content (AvgIpc) is 3.49. The second-order valence-corrected chi connectivity index (χ2v) is 12.9. The van der Waals surface area contributed by atoms with Crippen molar-refractivity contribution in [1.82, 2.24) is 10.6 Å². The molecule has 2 N–H and O–H groups in total. The molecule has 3 aromatic carbocycles. The number of esters is 4. The molecule has 0 saturated carbocycles. The van der Waals surface area contributed by atoms with E-state index in [0.717, 1.165) is 49.9 Å². The predicted molar refractivity (Wildman–Crippen MR) is 184 cm³/mol. The quantitative estimate of drug-likeness (QED) is 0.0632. The van der Waals surface area contributed by atoms with Crippen LogP contribution in [0.1, 0.15) is 44.7 Å². The van der Waals surface area contributed by atoms with E-state index in [1.165, 1.54) is 0 Å². The minimum atomic E-state index is -2.54. The standard InChI is InChI=1S/C38H35F5N2O13/c1-16(46)44-32-35(56-19(4)49)33(55-18(3)48)26(15-52-17(2)47)57-37(32)53-14-25(36(50)58-34-30(42)28(40)27(39)29(41)31(34)43)45-38(51)54-13-24-22-11-7-5-9-20(22)21-10-6-8-12-23(21)24/h5-12,24-26,32-33,35,37H,13-15H2,1-4H3,(H,44,46)(H,45,51)/t25-,26+,32+,33+,35+,37+/m0/s1. The first-order valence-corrected chi connectivity index (χ1v) is 17.3. The molecule has 0 bridgehead atoms. The van der Waals surface area contributed by atoms with Crippen LogP contribution in [0.5, 0.6) is 5.75 Å². The van der Waals surface area contributed by atoms with Gasteiger partial charge in [0.15, 0.2) is 24.5 Å². The number of alkyl carbamates (subject to hydrolysis) is 1. The topological polar surface area (TPSA) is 191 Å². The fourth-order valence-corrected chi connectivity index (χ4v) is 6.42. The molecule has 0 aromatic heterocycles. The van der Waals surface area contributed by atoms with Gasteiger partial charge in [-0.05, 0) is 22.3 Å². The van der Waals surface area contributed by atoms with Gasteiger partial charge >= 0.3 is 30.0 Å². The summed E-state index contributed by atoms with van der Waals surface area (Å²) >= 11 is 0. The summed E-state index contributed by atoms with van der Waals surface area (Å²) in [5, 5.41) is 4.48. The van der Waals surface area contributed by atoms with Crippen LogP contribution in [0.3, 0.4) is 0 Å². The Hall–Kier alpha value is -6.15. The van der Waals surface area contributed by atoms with Crippen molar-refractivity contribution >= 4 is 35.9 Å². The summed E-state index contributed by atoms with van der Waals surface area (Å²) in [6.45, 7) is 1.97. The zero-order chi connectivity index (χ0) is 42.4. The lowest BCUT2D eigenvalue weighted by atomic mass is 9.96. The van der Waals surface area contributed by atoms with Crippen LogP contribution in [0.25, 0.3) is 11.1 Å². The highest BCUT2D eigenvalue weighted by molar-refractivity contribution is 5.83. The minimum Gasteiger partial charge on any atom is -0.463 e. The van der Waals surface area contributed by atoms with E-state index in [4.69, 9.17) is 28.4 Å². The SMILES string of the molecule is CC(=O)N[C@H]1[C@H](OC[C@H](NC(=O)OCC2c3ccccc3-c3ccccc32)C(=O)Oc2c(F)c(F)c(F)c(F)c2F)O[C@H](COC(C)=O)[C@@H](OC(C)=O)[C@@H]1OC(C)=O. The van der Waals surface area contributed by atoms with Crippen LogP contribution in [-0.2, 0) is 52.4 Å². The van der Waals surface area contributed by atoms with Crippen LogP contribution in [-0.4, -0.2) is 92.4 Å². The molecule has 310 valence electrons. The third-order valence-corrected chi connectivity index (χ3v) is 8.79. The number of carbonyl (C=O) groups is 6. The summed E-state index contributed by atoms with van der Waals surface area (Å²) in [5.74, 6) is -20.2. The average molecular weight is 823 g/mol. The molecule has 15 nitrogen and oxygen atoms in total. The highest BCUT2D eigenvalue weighted by Gasteiger charge is 2.51. The van der Waals surface area contributed by atoms with E-state index in [2.05, 4.69) is 15.4 Å². The van der Waals surface area contributed by atoms with Crippen LogP contribution in [0.2, 0.25) is 0 Å². The molecule has 58 heavy (non-hydrogen) atoms. The van der Waals surface area contributed by atoms with Gasteiger partial charge in [0.25, 0.3) is 0 Å². The lowest BCUT2D eigenvalue weighted by molar-refractivity contribution is -0.278. The molecule has 0 radical (unpaired) electrons. The van der Waals surface area contributed by atoms with Gasteiger partial charge < -0.3 is 43.8 Å². The van der Waals surface area contributed by atoms with Crippen LogP contribution in [0.15, 0.2) is 48.5 Å². The Bertz CT molecular complexity index is 2030. The Morgan fingerprint density at radius 1 is 0.690 bits per heavy atom. The smallest absolute Gasteiger partial charge is 0.407 e. The number of amides is 2. The molecule has 3 aromatic rings. The van der Waals surface area contributed by atoms with Crippen molar-refractivity contribution in [3.05, 3.63) is 88.7 Å². The van der Waals surface area contributed by atoms with Crippen molar-refractivity contribution in [2.24, 2.45) is 0 Å². The van der Waals surface area contributed by atoms with E-state index < -0.39 is 127 Å². The van der Waals surface area contributed by atoms with E-state index in [1.807, 2.05) is 36.4 Å². The van der Waals surface area contributed by atoms with Crippen LogP contribution < -0.4 is 15.4 Å². The van der Waals surface area contributed by atoms with E-state index >= 15 is 0 Å². The molecule has 2 aliphatic rings. The molecule has 2 amide bonds. The molecular weight excluding hydrogens is 787 g/mol. The Morgan fingerprint density at radius 2 is 1.22 bits per heavy atom. The first-order chi connectivity index (χ1) is 27.5. The molecule has 1 aliphatic heterocycles. The number of carbonyl (C=O) groups excluding carboxylic acids is 6. The van der Waals surface area contributed by atoms with E-state index in [-0.39, 0.29) is 6.61 Å². The number of halogens is 5. The van der Waals surface area contributed by atoms with Crippen molar-refractivity contribution in [3.63, 3.8) is 0 Å². The largest absolute Gasteiger partial charge is 0.463 e. The number of fused-ring (bicyclic) bond motifs is 3. The zero-order valence-electron chi connectivity index (χ0n) is 31.0. The normalized spacial score (nSPS) is 20.1. The first kappa shape index (κ1) is 43.0. The number of rotatable bonds is 13. The van der Waals surface area contributed by atoms with Gasteiger partial charge in [-0.15, -0.1) is 0 Å². The third kappa shape index (κ3) is 9.68. The second-order valence-electron chi connectivity index (χ2n) is 12.9. The van der Waals surface area contributed by atoms with Crippen molar-refractivity contribution in [1.29, 1.82) is 0 Å². The molecule has 5 rings (SSSR count). The van der Waals surface area contributed by atoms with Gasteiger partial charge in [-0.1, -0.05) is 48.5 Å². The van der Waals surface area contributed by atoms with Gasteiger partial charge in [0.2, 0.25) is 40.7 Å². The molecule has 20 heteroatoms. The van der Waals surface area contributed by atoms with Gasteiger partial charge in [0.1, 0.15) is 25.4 Å². The highest BCUT2D eigenvalue weighted by Crippen LogP contribution is 2.44. The second kappa shape index (κ2) is 18.4. The van der Waals surface area contributed by atoms with Gasteiger partial charge in [-0.3, -0.25) is 19.2 Å². The molecule has 1 fully saturated rings. The Balaban J connectivity index is 1.44. The van der Waals surface area contributed by atoms with E-state index in [9.17, 15) is 50.7 Å². The molecule has 1 aliphatic carbocycles. The Labute approximate surface area is 326 Å². The Morgan fingerprint density at radius 3 is 1.76 bits per heavy atom. The van der Waals surface area contributed by atoms with Crippen LogP contribution >= 0.6 is 0 Å². The van der Waals surface area contributed by atoms with Gasteiger partial charge in [-0.25, -0.2) is 22.8 Å². The minimum absolute atomic E-state index is 0.310. The summed E-state index contributed by atoms with van der Waals surface area (Å²) in [5.41, 5.74) is 3.36. The molecule has 6 atom stereocenters. The molecular formula is C38H35F5N2O13. The fourth-order valence-electron chi connectivity index (χ4n) is 6.42. The maximum atomic E-state index is 14.6. The summed E-state index contributed by atoms with van der Waals surface area (Å²) in [6, 6.07) is 10.8. The van der Waals surface area contributed by atoms with Gasteiger partial charge in [0.05, 0.1) is 6.61 Å². The summed E-state index contributed by atoms with van der Waals surface area (Å²) in [7, 11) is 0. The first-order valence-electron chi connectivity index (χ1n) is 17.3. The lowest BCUT2D eigenvalue weighted by Gasteiger charge is -2.45. The van der Waals surface area contributed by atoms with Crippen molar-refractivity contribution < 1.29 is 83.9 Å². The number of nitrogens with one attached hydrogen (secondary N) is 2. The summed E-state index contributed by atoms with van der Waals surface area (Å²) in [4.78, 5) is 75.1.